The summed E-state index contributed by atoms with van der Waals surface area (Å²) in [6, 6.07) is 8.17. The van der Waals surface area contributed by atoms with Crippen LogP contribution in [0.1, 0.15) is 27.8 Å². The summed E-state index contributed by atoms with van der Waals surface area (Å²) in [5.74, 6) is -0.948. The summed E-state index contributed by atoms with van der Waals surface area (Å²) in [6.07, 6.45) is 3.15. The average molecular weight is 382 g/mol. The van der Waals surface area contributed by atoms with Crippen molar-refractivity contribution >= 4 is 34.7 Å². The van der Waals surface area contributed by atoms with Crippen molar-refractivity contribution in [3.63, 3.8) is 0 Å². The molecule has 1 amide bonds. The molecule has 0 saturated heterocycles. The molecule has 2 heterocycles. The van der Waals surface area contributed by atoms with Crippen LogP contribution in [0.15, 0.2) is 48.1 Å². The van der Waals surface area contributed by atoms with Gasteiger partial charge in [-0.2, -0.15) is 0 Å². The van der Waals surface area contributed by atoms with Gasteiger partial charge in [-0.1, -0.05) is 12.1 Å². The summed E-state index contributed by atoms with van der Waals surface area (Å²) in [5.41, 5.74) is 0.998. The van der Waals surface area contributed by atoms with E-state index in [2.05, 4.69) is 20.3 Å². The minimum absolute atomic E-state index is 0.0776. The van der Waals surface area contributed by atoms with Gasteiger partial charge in [0.25, 0.3) is 5.91 Å². The minimum Gasteiger partial charge on any atom is -0.451 e. The first-order chi connectivity index (χ1) is 13.0. The second-order valence-electron chi connectivity index (χ2n) is 5.37. The summed E-state index contributed by atoms with van der Waals surface area (Å²) in [4.78, 5) is 47.6. The molecule has 136 valence electrons. The fourth-order valence-corrected chi connectivity index (χ4v) is 2.83. The molecule has 9 heteroatoms. The number of carbonyl (C=O) groups excluding carboxylic acids is 3. The molecule has 0 aliphatic carbocycles. The van der Waals surface area contributed by atoms with Crippen LogP contribution in [0, 0.1) is 0 Å². The van der Waals surface area contributed by atoms with Gasteiger partial charge < -0.3 is 10.1 Å². The molecule has 0 bridgehead atoms. The number of thiazole rings is 1. The number of ether oxygens (including phenoxy) is 1. The third kappa shape index (κ3) is 4.79. The molecule has 8 nitrogen and oxygen atoms in total. The first-order valence-electron chi connectivity index (χ1n) is 7.84. The van der Waals surface area contributed by atoms with Crippen LogP contribution in [0.5, 0.6) is 0 Å². The average Bonchev–Trinajstić information content (AvgIpc) is 3.17. The molecule has 1 N–H and O–H groups in total. The maximum Gasteiger partial charge on any atom is 0.358 e. The lowest BCUT2D eigenvalue weighted by atomic mass is 10.1. The molecule has 0 saturated carbocycles. The molecule has 0 unspecified atom stereocenters. The Hall–Kier alpha value is -3.46. The molecule has 0 fully saturated rings. The van der Waals surface area contributed by atoms with Crippen LogP contribution >= 0.6 is 11.3 Å². The van der Waals surface area contributed by atoms with Crippen molar-refractivity contribution in [1.29, 1.82) is 0 Å². The first kappa shape index (κ1) is 18.3. The predicted molar refractivity (Wildman–Crippen MR) is 98.5 cm³/mol. The predicted octanol–water partition coefficient (Wildman–Crippen LogP) is 2.60. The monoisotopic (exact) mass is 382 g/mol. The van der Waals surface area contributed by atoms with Crippen molar-refractivity contribution in [1.82, 2.24) is 15.0 Å². The van der Waals surface area contributed by atoms with Crippen LogP contribution in [0.2, 0.25) is 0 Å². The fraction of sp³-hybridized carbons (Fsp3) is 0.111. The van der Waals surface area contributed by atoms with Gasteiger partial charge in [0.1, 0.15) is 0 Å². The topological polar surface area (TPSA) is 111 Å². The lowest BCUT2D eigenvalue weighted by Crippen LogP contribution is -2.21. The zero-order valence-corrected chi connectivity index (χ0v) is 15.0. The van der Waals surface area contributed by atoms with Crippen LogP contribution in [0.3, 0.4) is 0 Å². The van der Waals surface area contributed by atoms with Gasteiger partial charge in [-0.3, -0.25) is 9.59 Å². The molecular weight excluding hydrogens is 368 g/mol. The number of aromatic nitrogens is 3. The van der Waals surface area contributed by atoms with Gasteiger partial charge in [0.15, 0.2) is 28.9 Å². The SMILES string of the molecule is CC(=O)c1cccc(NC(=O)COC(=O)c2csc(-c3ncccn3)n2)c1. The Morgan fingerprint density at radius 2 is 1.93 bits per heavy atom. The normalized spacial score (nSPS) is 10.3. The Labute approximate surface area is 158 Å². The first-order valence-corrected chi connectivity index (χ1v) is 8.72. The van der Waals surface area contributed by atoms with E-state index in [-0.39, 0.29) is 11.5 Å². The highest BCUT2D eigenvalue weighted by Crippen LogP contribution is 2.20. The van der Waals surface area contributed by atoms with E-state index in [1.54, 1.807) is 42.7 Å². The Bertz CT molecular complexity index is 988. The molecule has 0 radical (unpaired) electrons. The van der Waals surface area contributed by atoms with Crippen LogP contribution in [0.25, 0.3) is 10.8 Å². The van der Waals surface area contributed by atoms with Crippen molar-refractivity contribution in [3.8, 4) is 10.8 Å². The van der Waals surface area contributed by atoms with E-state index in [9.17, 15) is 14.4 Å². The molecule has 3 rings (SSSR count). The van der Waals surface area contributed by atoms with Crippen molar-refractivity contribution < 1.29 is 19.1 Å². The summed E-state index contributed by atoms with van der Waals surface area (Å²) in [7, 11) is 0. The van der Waals surface area contributed by atoms with Crippen LogP contribution < -0.4 is 5.32 Å². The number of esters is 1. The second-order valence-corrected chi connectivity index (χ2v) is 6.23. The number of hydrogen-bond acceptors (Lipinski definition) is 8. The van der Waals surface area contributed by atoms with E-state index < -0.39 is 18.5 Å². The molecular formula is C18H14N4O4S. The Morgan fingerprint density at radius 1 is 1.15 bits per heavy atom. The number of ketones is 1. The lowest BCUT2D eigenvalue weighted by Gasteiger charge is -2.06. The minimum atomic E-state index is -0.721. The number of hydrogen-bond donors (Lipinski definition) is 1. The van der Waals surface area contributed by atoms with E-state index in [1.165, 1.54) is 23.6 Å². The van der Waals surface area contributed by atoms with Gasteiger partial charge in [-0.15, -0.1) is 11.3 Å². The molecule has 0 spiro atoms. The maximum atomic E-state index is 12.0. The van der Waals surface area contributed by atoms with Crippen molar-refractivity contribution in [2.24, 2.45) is 0 Å². The summed E-state index contributed by atoms with van der Waals surface area (Å²) in [6.45, 7) is 0.961. The number of nitrogens with one attached hydrogen (secondary N) is 1. The van der Waals surface area contributed by atoms with Gasteiger partial charge in [0.2, 0.25) is 0 Å². The molecule has 1 aromatic carbocycles. The van der Waals surface area contributed by atoms with Crippen molar-refractivity contribution in [2.75, 3.05) is 11.9 Å². The van der Waals surface area contributed by atoms with Crippen LogP contribution in [-0.2, 0) is 9.53 Å². The number of amides is 1. The van der Waals surface area contributed by atoms with E-state index >= 15 is 0 Å². The molecule has 2 aromatic heterocycles. The summed E-state index contributed by atoms with van der Waals surface area (Å²) < 4.78 is 4.97. The Morgan fingerprint density at radius 3 is 2.67 bits per heavy atom. The van der Waals surface area contributed by atoms with Crippen LogP contribution in [0.4, 0.5) is 5.69 Å². The van der Waals surface area contributed by atoms with Gasteiger partial charge >= 0.3 is 5.97 Å². The van der Waals surface area contributed by atoms with E-state index in [0.717, 1.165) is 0 Å². The number of nitrogens with zero attached hydrogens (tertiary/aromatic N) is 3. The van der Waals surface area contributed by atoms with Gasteiger partial charge in [0.05, 0.1) is 0 Å². The molecule has 0 aliphatic heterocycles. The summed E-state index contributed by atoms with van der Waals surface area (Å²) in [5, 5.41) is 4.56. The lowest BCUT2D eigenvalue weighted by molar-refractivity contribution is -0.119. The van der Waals surface area contributed by atoms with Gasteiger partial charge in [-0.05, 0) is 25.1 Å². The standard InChI is InChI=1S/C18H14N4O4S/c1-11(23)12-4-2-5-13(8-12)21-15(24)9-26-18(25)14-10-27-17(22-14)16-19-6-3-7-20-16/h2-8,10H,9H2,1H3,(H,21,24). The molecule has 27 heavy (non-hydrogen) atoms. The quantitative estimate of drug-likeness (QED) is 0.515. The Kier molecular flexibility index (Phi) is 5.62. The molecule has 0 aliphatic rings. The highest BCUT2D eigenvalue weighted by atomic mass is 32.1. The largest absolute Gasteiger partial charge is 0.451 e. The number of rotatable bonds is 6. The van der Waals surface area contributed by atoms with E-state index in [1.807, 2.05) is 0 Å². The highest BCUT2D eigenvalue weighted by Gasteiger charge is 2.16. The Balaban J connectivity index is 1.56. The van der Waals surface area contributed by atoms with E-state index in [0.29, 0.717) is 22.1 Å². The number of anilines is 1. The van der Waals surface area contributed by atoms with Gasteiger partial charge in [-0.25, -0.2) is 19.7 Å². The molecule has 0 atom stereocenters. The van der Waals surface area contributed by atoms with Crippen molar-refractivity contribution in [2.45, 2.75) is 6.92 Å². The zero-order valence-electron chi connectivity index (χ0n) is 14.2. The summed E-state index contributed by atoms with van der Waals surface area (Å²) >= 11 is 1.20. The van der Waals surface area contributed by atoms with Crippen LogP contribution in [-0.4, -0.2) is 39.2 Å². The van der Waals surface area contributed by atoms with E-state index in [4.69, 9.17) is 4.74 Å². The zero-order chi connectivity index (χ0) is 19.2. The number of Topliss-reactive ketones (excluding diaryl/α,β-unsaturated/α-hetero) is 1. The number of carbonyl (C=O) groups is 3. The van der Waals surface area contributed by atoms with Crippen molar-refractivity contribution in [3.05, 3.63) is 59.4 Å². The number of benzene rings is 1. The maximum absolute atomic E-state index is 12.0. The highest BCUT2D eigenvalue weighted by molar-refractivity contribution is 7.13. The molecule has 3 aromatic rings. The second kappa shape index (κ2) is 8.28. The smallest absolute Gasteiger partial charge is 0.358 e. The third-order valence-electron chi connectivity index (χ3n) is 3.36. The fourth-order valence-electron chi connectivity index (χ4n) is 2.10. The van der Waals surface area contributed by atoms with Gasteiger partial charge in [0, 0.05) is 29.0 Å². The third-order valence-corrected chi connectivity index (χ3v) is 4.20.